The van der Waals surface area contributed by atoms with Crippen LogP contribution >= 0.6 is 11.3 Å². The topological polar surface area (TPSA) is 62.2 Å². The molecule has 0 aliphatic heterocycles. The number of thiazole rings is 1. The van der Waals surface area contributed by atoms with Crippen LogP contribution in [0.3, 0.4) is 0 Å². The van der Waals surface area contributed by atoms with Crippen molar-refractivity contribution in [2.24, 2.45) is 0 Å². The second-order valence-electron chi connectivity index (χ2n) is 4.53. The average molecular weight is 276 g/mol. The van der Waals surface area contributed by atoms with Crippen molar-refractivity contribution >= 4 is 23.0 Å². The maximum atomic E-state index is 10.9. The van der Waals surface area contributed by atoms with Gasteiger partial charge in [-0.25, -0.2) is 9.78 Å². The molecule has 2 N–H and O–H groups in total. The van der Waals surface area contributed by atoms with E-state index >= 15 is 0 Å². The zero-order chi connectivity index (χ0) is 14.0. The largest absolute Gasteiger partial charge is 0.478 e. The van der Waals surface area contributed by atoms with E-state index in [4.69, 9.17) is 5.11 Å². The molecule has 0 radical (unpaired) electrons. The van der Waals surface area contributed by atoms with Gasteiger partial charge < -0.3 is 10.4 Å². The first-order valence-corrected chi connectivity index (χ1v) is 6.88. The van der Waals surface area contributed by atoms with Gasteiger partial charge in [-0.2, -0.15) is 0 Å². The van der Waals surface area contributed by atoms with Crippen LogP contribution in [0, 0.1) is 13.8 Å². The van der Waals surface area contributed by atoms with Crippen LogP contribution in [0.2, 0.25) is 0 Å². The van der Waals surface area contributed by atoms with Crippen LogP contribution in [0.5, 0.6) is 0 Å². The highest BCUT2D eigenvalue weighted by Crippen LogP contribution is 2.25. The number of hydrogen-bond donors (Lipinski definition) is 2. The molecule has 2 aromatic rings. The summed E-state index contributed by atoms with van der Waals surface area (Å²) in [5, 5.41) is 15.3. The molecule has 19 heavy (non-hydrogen) atoms. The van der Waals surface area contributed by atoms with Gasteiger partial charge in [0.2, 0.25) is 0 Å². The number of benzene rings is 1. The minimum atomic E-state index is -0.904. The SMILES string of the molecule is Cc1csc(C(C)Nc2ccc(C(=O)O)cc2C)n1. The molecule has 0 fully saturated rings. The molecule has 100 valence electrons. The molecule has 1 atom stereocenters. The van der Waals surface area contributed by atoms with Crippen LogP contribution in [-0.2, 0) is 0 Å². The van der Waals surface area contributed by atoms with Gasteiger partial charge in [0, 0.05) is 16.8 Å². The molecule has 4 nitrogen and oxygen atoms in total. The Balaban J connectivity index is 2.17. The van der Waals surface area contributed by atoms with Crippen molar-refractivity contribution in [3.8, 4) is 0 Å². The highest BCUT2D eigenvalue weighted by Gasteiger charge is 2.11. The zero-order valence-corrected chi connectivity index (χ0v) is 11.9. The fourth-order valence-electron chi connectivity index (χ4n) is 1.82. The molecule has 1 aromatic carbocycles. The van der Waals surface area contributed by atoms with E-state index in [1.165, 1.54) is 0 Å². The Kier molecular flexibility index (Phi) is 3.85. The smallest absolute Gasteiger partial charge is 0.335 e. The van der Waals surface area contributed by atoms with Gasteiger partial charge in [-0.05, 0) is 44.5 Å². The number of nitrogens with zero attached hydrogens (tertiary/aromatic N) is 1. The maximum Gasteiger partial charge on any atom is 0.335 e. The van der Waals surface area contributed by atoms with Crippen molar-refractivity contribution in [3.63, 3.8) is 0 Å². The van der Waals surface area contributed by atoms with E-state index in [2.05, 4.69) is 10.3 Å². The Hall–Kier alpha value is -1.88. The first kappa shape index (κ1) is 13.5. The Morgan fingerprint density at radius 1 is 1.42 bits per heavy atom. The molecule has 1 unspecified atom stereocenters. The lowest BCUT2D eigenvalue weighted by atomic mass is 10.1. The molecular weight excluding hydrogens is 260 g/mol. The van der Waals surface area contributed by atoms with Crippen LogP contribution < -0.4 is 5.32 Å². The van der Waals surface area contributed by atoms with Gasteiger partial charge in [0.15, 0.2) is 0 Å². The molecule has 0 aliphatic carbocycles. The lowest BCUT2D eigenvalue weighted by Crippen LogP contribution is -2.08. The summed E-state index contributed by atoms with van der Waals surface area (Å²) in [6.07, 6.45) is 0. The van der Waals surface area contributed by atoms with Gasteiger partial charge >= 0.3 is 5.97 Å². The normalized spacial score (nSPS) is 12.2. The molecular formula is C14H16N2O2S. The predicted octanol–water partition coefficient (Wildman–Crippen LogP) is 3.63. The maximum absolute atomic E-state index is 10.9. The van der Waals surface area contributed by atoms with E-state index in [1.807, 2.05) is 26.2 Å². The van der Waals surface area contributed by atoms with Gasteiger partial charge in [-0.1, -0.05) is 0 Å². The number of hydrogen-bond acceptors (Lipinski definition) is 4. The number of carbonyl (C=O) groups is 1. The van der Waals surface area contributed by atoms with Gasteiger partial charge in [-0.3, -0.25) is 0 Å². The lowest BCUT2D eigenvalue weighted by Gasteiger charge is -2.15. The van der Waals surface area contributed by atoms with Crippen molar-refractivity contribution in [2.75, 3.05) is 5.32 Å². The summed E-state index contributed by atoms with van der Waals surface area (Å²) in [5.74, 6) is -0.904. The van der Waals surface area contributed by atoms with Crippen molar-refractivity contribution in [2.45, 2.75) is 26.8 Å². The first-order valence-electron chi connectivity index (χ1n) is 6.00. The summed E-state index contributed by atoms with van der Waals surface area (Å²) >= 11 is 1.62. The Morgan fingerprint density at radius 2 is 2.16 bits per heavy atom. The predicted molar refractivity (Wildman–Crippen MR) is 77.0 cm³/mol. The highest BCUT2D eigenvalue weighted by atomic mass is 32.1. The van der Waals surface area contributed by atoms with E-state index in [0.717, 1.165) is 22.0 Å². The van der Waals surface area contributed by atoms with Gasteiger partial charge in [0.25, 0.3) is 0 Å². The molecule has 2 rings (SSSR count). The van der Waals surface area contributed by atoms with Crippen LogP contribution in [-0.4, -0.2) is 16.1 Å². The summed E-state index contributed by atoms with van der Waals surface area (Å²) < 4.78 is 0. The van der Waals surface area contributed by atoms with Crippen molar-refractivity contribution < 1.29 is 9.90 Å². The van der Waals surface area contributed by atoms with Gasteiger partial charge in [-0.15, -0.1) is 11.3 Å². The van der Waals surface area contributed by atoms with E-state index in [-0.39, 0.29) is 6.04 Å². The quantitative estimate of drug-likeness (QED) is 0.895. The monoisotopic (exact) mass is 276 g/mol. The second kappa shape index (κ2) is 5.40. The molecule has 0 amide bonds. The summed E-state index contributed by atoms with van der Waals surface area (Å²) in [7, 11) is 0. The van der Waals surface area contributed by atoms with E-state index in [0.29, 0.717) is 5.56 Å². The van der Waals surface area contributed by atoms with Crippen molar-refractivity contribution in [1.29, 1.82) is 0 Å². The van der Waals surface area contributed by atoms with Crippen LogP contribution in [0.4, 0.5) is 5.69 Å². The molecule has 0 bridgehead atoms. The minimum Gasteiger partial charge on any atom is -0.478 e. The van der Waals surface area contributed by atoms with E-state index in [1.54, 1.807) is 29.5 Å². The number of aromatic carboxylic acids is 1. The Labute approximate surface area is 116 Å². The second-order valence-corrected chi connectivity index (χ2v) is 5.42. The van der Waals surface area contributed by atoms with E-state index in [9.17, 15) is 4.79 Å². The molecule has 1 heterocycles. The summed E-state index contributed by atoms with van der Waals surface area (Å²) in [6, 6.07) is 5.19. The lowest BCUT2D eigenvalue weighted by molar-refractivity contribution is 0.0697. The molecule has 0 aliphatic rings. The molecule has 0 saturated carbocycles. The fourth-order valence-corrected chi connectivity index (χ4v) is 2.63. The third-order valence-corrected chi connectivity index (χ3v) is 4.00. The highest BCUT2D eigenvalue weighted by molar-refractivity contribution is 7.09. The third kappa shape index (κ3) is 3.12. The Morgan fingerprint density at radius 3 is 2.68 bits per heavy atom. The fraction of sp³-hybridized carbons (Fsp3) is 0.286. The Bertz CT molecular complexity index is 607. The standard InChI is InChI=1S/C14H16N2O2S/c1-8-6-11(14(17)18)4-5-12(8)16-10(3)13-15-9(2)7-19-13/h4-7,10,16H,1-3H3,(H,17,18). The number of carboxylic acid groups (broad SMARTS) is 1. The molecule has 0 saturated heterocycles. The van der Waals surface area contributed by atoms with Crippen molar-refractivity contribution in [1.82, 2.24) is 4.98 Å². The number of aromatic nitrogens is 1. The summed E-state index contributed by atoms with van der Waals surface area (Å²) in [4.78, 5) is 15.3. The zero-order valence-electron chi connectivity index (χ0n) is 11.1. The summed E-state index contributed by atoms with van der Waals surface area (Å²) in [5.41, 5.74) is 3.18. The van der Waals surface area contributed by atoms with Gasteiger partial charge in [0.05, 0.1) is 11.6 Å². The first-order chi connectivity index (χ1) is 8.97. The number of anilines is 1. The van der Waals surface area contributed by atoms with Crippen LogP contribution in [0.1, 0.15) is 39.6 Å². The van der Waals surface area contributed by atoms with Crippen LogP contribution in [0.25, 0.3) is 0 Å². The van der Waals surface area contributed by atoms with Gasteiger partial charge in [0.1, 0.15) is 5.01 Å². The number of rotatable bonds is 4. The number of nitrogens with one attached hydrogen (secondary N) is 1. The third-order valence-electron chi connectivity index (χ3n) is 2.85. The number of aryl methyl sites for hydroxylation is 2. The number of carboxylic acids is 1. The molecule has 5 heteroatoms. The van der Waals surface area contributed by atoms with Crippen molar-refractivity contribution in [3.05, 3.63) is 45.4 Å². The average Bonchev–Trinajstić information content (AvgIpc) is 2.78. The van der Waals surface area contributed by atoms with Crippen LogP contribution in [0.15, 0.2) is 23.6 Å². The minimum absolute atomic E-state index is 0.105. The molecule has 0 spiro atoms. The summed E-state index contributed by atoms with van der Waals surface area (Å²) in [6.45, 7) is 5.91. The van der Waals surface area contributed by atoms with E-state index < -0.39 is 5.97 Å². The molecule has 1 aromatic heterocycles.